The Hall–Kier alpha value is -3.42. The molecular formula is C22H16Cl2N4O3. The molecule has 0 unspecified atom stereocenters. The fourth-order valence-electron chi connectivity index (χ4n) is 3.37. The van der Waals surface area contributed by atoms with Gasteiger partial charge in [-0.1, -0.05) is 47.5 Å². The molecule has 0 saturated carbocycles. The van der Waals surface area contributed by atoms with Crippen molar-refractivity contribution in [3.05, 3.63) is 97.8 Å². The van der Waals surface area contributed by atoms with Crippen LogP contribution in [0.1, 0.15) is 21.7 Å². The fourth-order valence-corrected chi connectivity index (χ4v) is 3.94. The Morgan fingerprint density at radius 1 is 1.06 bits per heavy atom. The van der Waals surface area contributed by atoms with Crippen molar-refractivity contribution < 1.29 is 9.72 Å². The van der Waals surface area contributed by atoms with Crippen LogP contribution in [0, 0.1) is 17.0 Å². The molecule has 156 valence electrons. The lowest BCUT2D eigenvalue weighted by Crippen LogP contribution is -2.13. The van der Waals surface area contributed by atoms with Gasteiger partial charge in [0, 0.05) is 18.7 Å². The summed E-state index contributed by atoms with van der Waals surface area (Å²) in [6.07, 6.45) is 0. The molecule has 0 radical (unpaired) electrons. The maximum absolute atomic E-state index is 12.8. The minimum Gasteiger partial charge on any atom is -0.324 e. The molecule has 0 atom stereocenters. The number of halogens is 2. The molecule has 7 nitrogen and oxygen atoms in total. The maximum atomic E-state index is 12.8. The number of carbonyl (C=O) groups excluding carboxylic acids is 1. The minimum atomic E-state index is -0.429. The highest BCUT2D eigenvalue weighted by Gasteiger charge is 2.18. The van der Waals surface area contributed by atoms with E-state index in [2.05, 4.69) is 10.3 Å². The number of carbonyl (C=O) groups is 1. The minimum absolute atomic E-state index is 0.0409. The lowest BCUT2D eigenvalue weighted by molar-refractivity contribution is -0.384. The number of nitrogens with zero attached hydrogens (tertiary/aromatic N) is 3. The SMILES string of the molecule is Cc1nc2c(NC(=O)c3c(Cl)cccc3Cl)cccc2n1Cc1ccc([N+](=O)[O-])cc1. The number of non-ortho nitro benzene ring substituents is 1. The molecule has 9 heteroatoms. The number of anilines is 1. The molecule has 1 N–H and O–H groups in total. The second-order valence-corrected chi connectivity index (χ2v) is 7.71. The van der Waals surface area contributed by atoms with E-state index in [1.165, 1.54) is 12.1 Å². The van der Waals surface area contributed by atoms with E-state index in [4.69, 9.17) is 23.2 Å². The summed E-state index contributed by atoms with van der Waals surface area (Å²) in [6, 6.07) is 16.7. The Morgan fingerprint density at radius 2 is 1.71 bits per heavy atom. The van der Waals surface area contributed by atoms with Gasteiger partial charge in [-0.05, 0) is 36.8 Å². The first-order valence-corrected chi connectivity index (χ1v) is 10.1. The molecule has 0 aliphatic heterocycles. The number of amides is 1. The predicted octanol–water partition coefficient (Wildman–Crippen LogP) is 5.86. The normalized spacial score (nSPS) is 10.9. The molecule has 0 saturated heterocycles. The van der Waals surface area contributed by atoms with Crippen LogP contribution in [-0.2, 0) is 6.54 Å². The lowest BCUT2D eigenvalue weighted by atomic mass is 10.2. The molecule has 1 aromatic heterocycles. The van der Waals surface area contributed by atoms with Crippen molar-refractivity contribution >= 4 is 51.5 Å². The van der Waals surface area contributed by atoms with Crippen molar-refractivity contribution in [3.63, 3.8) is 0 Å². The van der Waals surface area contributed by atoms with Crippen molar-refractivity contribution in [3.8, 4) is 0 Å². The molecule has 0 aliphatic carbocycles. The summed E-state index contributed by atoms with van der Waals surface area (Å²) >= 11 is 12.3. The largest absolute Gasteiger partial charge is 0.324 e. The van der Waals surface area contributed by atoms with Crippen molar-refractivity contribution in [2.24, 2.45) is 0 Å². The number of para-hydroxylation sites is 1. The molecule has 0 spiro atoms. The van der Waals surface area contributed by atoms with Crippen LogP contribution >= 0.6 is 23.2 Å². The van der Waals surface area contributed by atoms with E-state index in [-0.39, 0.29) is 21.3 Å². The van der Waals surface area contributed by atoms with E-state index in [9.17, 15) is 14.9 Å². The third-order valence-electron chi connectivity index (χ3n) is 4.90. The highest BCUT2D eigenvalue weighted by molar-refractivity contribution is 6.40. The quantitative estimate of drug-likeness (QED) is 0.302. The molecule has 0 bridgehead atoms. The van der Waals surface area contributed by atoms with Crippen LogP contribution in [0.4, 0.5) is 11.4 Å². The van der Waals surface area contributed by atoms with Gasteiger partial charge in [-0.15, -0.1) is 0 Å². The Kier molecular flexibility index (Phi) is 5.63. The van der Waals surface area contributed by atoms with Gasteiger partial charge in [-0.2, -0.15) is 0 Å². The summed E-state index contributed by atoms with van der Waals surface area (Å²) in [5.41, 5.74) is 3.11. The Morgan fingerprint density at radius 3 is 2.35 bits per heavy atom. The number of aryl methyl sites for hydroxylation is 1. The first-order valence-electron chi connectivity index (χ1n) is 9.29. The van der Waals surface area contributed by atoms with Gasteiger partial charge >= 0.3 is 0 Å². The van der Waals surface area contributed by atoms with Crippen LogP contribution in [0.5, 0.6) is 0 Å². The van der Waals surface area contributed by atoms with E-state index in [1.807, 2.05) is 23.6 Å². The molecule has 4 rings (SSSR count). The van der Waals surface area contributed by atoms with E-state index in [0.717, 1.165) is 16.9 Å². The summed E-state index contributed by atoms with van der Waals surface area (Å²) in [5.74, 6) is 0.316. The summed E-state index contributed by atoms with van der Waals surface area (Å²) in [4.78, 5) is 27.9. The van der Waals surface area contributed by atoms with Crippen molar-refractivity contribution in [1.29, 1.82) is 0 Å². The number of hydrogen-bond donors (Lipinski definition) is 1. The predicted molar refractivity (Wildman–Crippen MR) is 121 cm³/mol. The average molecular weight is 455 g/mol. The highest BCUT2D eigenvalue weighted by atomic mass is 35.5. The summed E-state index contributed by atoms with van der Waals surface area (Å²) in [6.45, 7) is 2.34. The third kappa shape index (κ3) is 4.10. The van der Waals surface area contributed by atoms with Crippen LogP contribution in [0.3, 0.4) is 0 Å². The highest BCUT2D eigenvalue weighted by Crippen LogP contribution is 2.29. The topological polar surface area (TPSA) is 90.1 Å². The average Bonchev–Trinajstić information content (AvgIpc) is 3.05. The zero-order valence-corrected chi connectivity index (χ0v) is 17.8. The monoisotopic (exact) mass is 454 g/mol. The zero-order valence-electron chi connectivity index (χ0n) is 16.3. The van der Waals surface area contributed by atoms with Gasteiger partial charge in [0.15, 0.2) is 0 Å². The van der Waals surface area contributed by atoms with Crippen LogP contribution in [-0.4, -0.2) is 20.4 Å². The molecule has 31 heavy (non-hydrogen) atoms. The van der Waals surface area contributed by atoms with Gasteiger partial charge in [0.1, 0.15) is 11.3 Å². The van der Waals surface area contributed by atoms with Crippen molar-refractivity contribution in [1.82, 2.24) is 9.55 Å². The smallest absolute Gasteiger partial charge is 0.269 e. The van der Waals surface area contributed by atoms with E-state index < -0.39 is 10.8 Å². The second kappa shape index (κ2) is 8.37. The van der Waals surface area contributed by atoms with Crippen LogP contribution in [0.2, 0.25) is 10.0 Å². The third-order valence-corrected chi connectivity index (χ3v) is 5.53. The number of nitrogens with one attached hydrogen (secondary N) is 1. The number of nitro groups is 1. The number of benzene rings is 3. The molecule has 1 amide bonds. The maximum Gasteiger partial charge on any atom is 0.269 e. The molecule has 0 fully saturated rings. The molecule has 0 aliphatic rings. The fraction of sp³-hybridized carbons (Fsp3) is 0.0909. The van der Waals surface area contributed by atoms with Crippen molar-refractivity contribution in [2.45, 2.75) is 13.5 Å². The molecule has 4 aromatic rings. The first-order chi connectivity index (χ1) is 14.8. The molecule has 1 heterocycles. The molecule has 3 aromatic carbocycles. The lowest BCUT2D eigenvalue weighted by Gasteiger charge is -2.10. The Balaban J connectivity index is 1.67. The first kappa shape index (κ1) is 20.8. The summed E-state index contributed by atoms with van der Waals surface area (Å²) in [5, 5.41) is 14.2. The van der Waals surface area contributed by atoms with Gasteiger partial charge in [0.25, 0.3) is 11.6 Å². The van der Waals surface area contributed by atoms with Gasteiger partial charge < -0.3 is 9.88 Å². The summed E-state index contributed by atoms with van der Waals surface area (Å²) < 4.78 is 1.98. The number of rotatable bonds is 5. The van der Waals surface area contributed by atoms with E-state index in [1.54, 1.807) is 36.4 Å². The Labute approximate surface area is 187 Å². The van der Waals surface area contributed by atoms with Gasteiger partial charge in [-0.25, -0.2) is 4.98 Å². The van der Waals surface area contributed by atoms with Gasteiger partial charge in [-0.3, -0.25) is 14.9 Å². The number of nitro benzene ring substituents is 1. The van der Waals surface area contributed by atoms with E-state index >= 15 is 0 Å². The van der Waals surface area contributed by atoms with Gasteiger partial charge in [0.05, 0.1) is 31.7 Å². The number of fused-ring (bicyclic) bond motifs is 1. The van der Waals surface area contributed by atoms with Crippen LogP contribution in [0.25, 0.3) is 11.0 Å². The second-order valence-electron chi connectivity index (χ2n) is 6.89. The number of hydrogen-bond acceptors (Lipinski definition) is 4. The van der Waals surface area contributed by atoms with Crippen LogP contribution < -0.4 is 5.32 Å². The van der Waals surface area contributed by atoms with Gasteiger partial charge in [0.2, 0.25) is 0 Å². The number of aromatic nitrogens is 2. The molecular weight excluding hydrogens is 439 g/mol. The Bertz CT molecular complexity index is 1300. The standard InChI is InChI=1S/C22H16Cl2N4O3/c1-13-25-21-18(26-22(29)20-16(23)4-2-5-17(20)24)6-3-7-19(21)27(13)12-14-8-10-15(11-9-14)28(30)31/h2-11H,12H2,1H3,(H,26,29). The zero-order chi connectivity index (χ0) is 22.1. The summed E-state index contributed by atoms with van der Waals surface area (Å²) in [7, 11) is 0. The van der Waals surface area contributed by atoms with Crippen molar-refractivity contribution in [2.75, 3.05) is 5.32 Å². The number of imidazole rings is 1. The van der Waals surface area contributed by atoms with E-state index in [0.29, 0.717) is 17.7 Å². The van der Waals surface area contributed by atoms with Crippen LogP contribution in [0.15, 0.2) is 60.7 Å².